The molecule has 5 heteroatoms. The number of nitrogens with zero attached hydrogens (tertiary/aromatic N) is 2. The van der Waals surface area contributed by atoms with E-state index in [0.717, 1.165) is 11.1 Å². The van der Waals surface area contributed by atoms with Crippen molar-refractivity contribution in [1.82, 2.24) is 4.57 Å². The molecule has 2 aromatic rings. The van der Waals surface area contributed by atoms with Crippen LogP contribution in [0.1, 0.15) is 43.2 Å². The fraction of sp³-hybridized carbons (Fsp3) is 0.300. The number of carbonyl (C=O) groups is 1. The van der Waals surface area contributed by atoms with Crippen molar-refractivity contribution in [2.45, 2.75) is 38.6 Å². The van der Waals surface area contributed by atoms with Crippen LogP contribution in [0.5, 0.6) is 5.75 Å². The second-order valence-corrected chi connectivity index (χ2v) is 6.45. The number of aromatic nitrogens is 1. The van der Waals surface area contributed by atoms with Crippen LogP contribution in [0, 0.1) is 23.7 Å². The number of carbonyl (C=O) groups excluding carboxylic acids is 1. The van der Waals surface area contributed by atoms with Gasteiger partial charge in [-0.15, -0.1) is 6.42 Å². The molecule has 0 aliphatic carbocycles. The second kappa shape index (κ2) is 8.42. The van der Waals surface area contributed by atoms with Crippen LogP contribution in [0.25, 0.3) is 0 Å². The molecular weight excluding hydrogens is 336 g/mol. The molecule has 0 saturated carbocycles. The molecule has 1 heterocycles. The van der Waals surface area contributed by atoms with Crippen molar-refractivity contribution in [1.29, 1.82) is 5.26 Å². The minimum absolute atomic E-state index is 0.0310. The summed E-state index contributed by atoms with van der Waals surface area (Å²) in [5, 5.41) is 9.98. The van der Waals surface area contributed by atoms with Crippen LogP contribution in [0.3, 0.4) is 0 Å². The summed E-state index contributed by atoms with van der Waals surface area (Å²) >= 11 is 6.01. The van der Waals surface area contributed by atoms with Gasteiger partial charge in [-0.05, 0) is 41.3 Å². The third kappa shape index (κ3) is 4.89. The van der Waals surface area contributed by atoms with Gasteiger partial charge < -0.3 is 9.30 Å². The number of nitriles is 1. The summed E-state index contributed by atoms with van der Waals surface area (Å²) in [7, 11) is 0. The van der Waals surface area contributed by atoms with Crippen LogP contribution in [0.4, 0.5) is 0 Å². The minimum atomic E-state index is -0.582. The van der Waals surface area contributed by atoms with Gasteiger partial charge in [0.1, 0.15) is 5.75 Å². The number of hydrogen-bond donors (Lipinski definition) is 0. The lowest BCUT2D eigenvalue weighted by Crippen LogP contribution is -2.13. The van der Waals surface area contributed by atoms with Crippen molar-refractivity contribution in [2.75, 3.05) is 0 Å². The Bertz CT molecular complexity index is 840. The minimum Gasteiger partial charge on any atom is -0.426 e. The van der Waals surface area contributed by atoms with E-state index >= 15 is 0 Å². The Morgan fingerprint density at radius 1 is 1.40 bits per heavy atom. The van der Waals surface area contributed by atoms with E-state index in [9.17, 15) is 10.1 Å². The summed E-state index contributed by atoms with van der Waals surface area (Å²) in [5.41, 5.74) is 1.60. The molecule has 1 aromatic carbocycles. The first-order chi connectivity index (χ1) is 11.9. The lowest BCUT2D eigenvalue weighted by Gasteiger charge is -2.14. The van der Waals surface area contributed by atoms with Gasteiger partial charge in [-0.25, -0.2) is 0 Å². The molecule has 0 bridgehead atoms. The summed E-state index contributed by atoms with van der Waals surface area (Å²) in [4.78, 5) is 12.3. The zero-order chi connectivity index (χ0) is 18.4. The monoisotopic (exact) mass is 354 g/mol. The number of rotatable bonds is 6. The van der Waals surface area contributed by atoms with Gasteiger partial charge in [0, 0.05) is 17.4 Å². The lowest BCUT2D eigenvalue weighted by molar-refractivity contribution is -0.134. The summed E-state index contributed by atoms with van der Waals surface area (Å²) in [6, 6.07) is 9.09. The quantitative estimate of drug-likeness (QED) is 0.436. The van der Waals surface area contributed by atoms with Gasteiger partial charge in [-0.2, -0.15) is 5.26 Å². The molecule has 0 fully saturated rings. The topological polar surface area (TPSA) is 55.0 Å². The van der Waals surface area contributed by atoms with Crippen molar-refractivity contribution in [3.8, 4) is 24.2 Å². The second-order valence-electron chi connectivity index (χ2n) is 6.02. The van der Waals surface area contributed by atoms with Gasteiger partial charge in [0.15, 0.2) is 0 Å². The predicted octanol–water partition coefficient (Wildman–Crippen LogP) is 4.50. The molecule has 4 nitrogen and oxygen atoms in total. The number of ether oxygens (including phenoxy) is 1. The third-order valence-electron chi connectivity index (χ3n) is 3.79. The summed E-state index contributed by atoms with van der Waals surface area (Å²) < 4.78 is 7.27. The Morgan fingerprint density at radius 2 is 2.16 bits per heavy atom. The number of esters is 1. The summed E-state index contributed by atoms with van der Waals surface area (Å²) in [6.45, 7) is 4.41. The van der Waals surface area contributed by atoms with Crippen LogP contribution in [-0.4, -0.2) is 10.5 Å². The van der Waals surface area contributed by atoms with E-state index in [2.05, 4.69) is 12.0 Å². The highest BCUT2D eigenvalue weighted by molar-refractivity contribution is 6.30. The third-order valence-corrected chi connectivity index (χ3v) is 4.03. The highest BCUT2D eigenvalue weighted by Gasteiger charge is 2.20. The van der Waals surface area contributed by atoms with Gasteiger partial charge in [-0.3, -0.25) is 4.79 Å². The average Bonchev–Trinajstić information content (AvgIpc) is 3.03. The van der Waals surface area contributed by atoms with Crippen molar-refractivity contribution in [2.24, 2.45) is 0 Å². The van der Waals surface area contributed by atoms with E-state index in [1.807, 2.05) is 13.8 Å². The molecule has 0 N–H and O–H groups in total. The molecule has 0 aliphatic rings. The first-order valence-electron chi connectivity index (χ1n) is 7.93. The first-order valence-corrected chi connectivity index (χ1v) is 8.31. The highest BCUT2D eigenvalue weighted by Crippen LogP contribution is 2.30. The zero-order valence-corrected chi connectivity index (χ0v) is 15.0. The van der Waals surface area contributed by atoms with E-state index in [0.29, 0.717) is 17.3 Å². The molecule has 25 heavy (non-hydrogen) atoms. The molecular formula is C20H19ClN2O2. The van der Waals surface area contributed by atoms with Gasteiger partial charge in [0.25, 0.3) is 0 Å². The predicted molar refractivity (Wildman–Crippen MR) is 97.4 cm³/mol. The molecule has 0 radical (unpaired) electrons. The van der Waals surface area contributed by atoms with Gasteiger partial charge in [0.05, 0.1) is 25.0 Å². The fourth-order valence-electron chi connectivity index (χ4n) is 2.50. The van der Waals surface area contributed by atoms with Crippen LogP contribution in [0.15, 0.2) is 36.7 Å². The molecule has 0 saturated heterocycles. The summed E-state index contributed by atoms with van der Waals surface area (Å²) in [6.07, 6.45) is 8.82. The van der Waals surface area contributed by atoms with Gasteiger partial charge in [-0.1, -0.05) is 31.4 Å². The SMILES string of the molecule is C#CCn1ccc([C@H](C#N)CC(=O)Oc2ccc(Cl)cc2C(C)C)c1. The largest absolute Gasteiger partial charge is 0.426 e. The molecule has 128 valence electrons. The molecule has 0 amide bonds. The van der Waals surface area contributed by atoms with E-state index in [-0.39, 0.29) is 12.3 Å². The molecule has 0 unspecified atom stereocenters. The van der Waals surface area contributed by atoms with Gasteiger partial charge in [0.2, 0.25) is 0 Å². The van der Waals surface area contributed by atoms with E-state index in [1.54, 1.807) is 41.2 Å². The number of halogens is 1. The number of hydrogen-bond acceptors (Lipinski definition) is 3. The van der Waals surface area contributed by atoms with Crippen LogP contribution < -0.4 is 4.74 Å². The molecule has 0 spiro atoms. The van der Waals surface area contributed by atoms with Crippen molar-refractivity contribution in [3.63, 3.8) is 0 Å². The van der Waals surface area contributed by atoms with Crippen molar-refractivity contribution in [3.05, 3.63) is 52.8 Å². The van der Waals surface area contributed by atoms with Crippen LogP contribution in [-0.2, 0) is 11.3 Å². The molecule has 1 atom stereocenters. The van der Waals surface area contributed by atoms with E-state index < -0.39 is 11.9 Å². The van der Waals surface area contributed by atoms with Crippen molar-refractivity contribution < 1.29 is 9.53 Å². The Labute approximate surface area is 153 Å². The van der Waals surface area contributed by atoms with Crippen LogP contribution in [0.2, 0.25) is 5.02 Å². The Morgan fingerprint density at radius 3 is 2.80 bits per heavy atom. The maximum atomic E-state index is 12.3. The van der Waals surface area contributed by atoms with E-state index in [1.165, 1.54) is 0 Å². The van der Waals surface area contributed by atoms with Crippen molar-refractivity contribution >= 4 is 17.6 Å². The normalized spacial score (nSPS) is 11.6. The lowest BCUT2D eigenvalue weighted by atomic mass is 10.00. The molecule has 2 rings (SSSR count). The number of terminal acetylenes is 1. The number of benzene rings is 1. The average molecular weight is 355 g/mol. The highest BCUT2D eigenvalue weighted by atomic mass is 35.5. The van der Waals surface area contributed by atoms with Crippen LogP contribution >= 0.6 is 11.6 Å². The standard InChI is InChI=1S/C20H19ClN2O2/c1-4-8-23-9-7-15(13-23)16(12-22)10-20(24)25-19-6-5-17(21)11-18(19)14(2)3/h1,5-7,9,11,13-14,16H,8,10H2,2-3H3/t16-/m0/s1. The van der Waals surface area contributed by atoms with E-state index in [4.69, 9.17) is 22.8 Å². The zero-order valence-electron chi connectivity index (χ0n) is 14.2. The smallest absolute Gasteiger partial charge is 0.312 e. The van der Waals surface area contributed by atoms with Gasteiger partial charge >= 0.3 is 5.97 Å². The maximum absolute atomic E-state index is 12.3. The summed E-state index contributed by atoms with van der Waals surface area (Å²) in [5.74, 6) is 2.12. The Hall–Kier alpha value is -2.69. The Kier molecular flexibility index (Phi) is 6.28. The Balaban J connectivity index is 2.11. The first kappa shape index (κ1) is 18.6. The maximum Gasteiger partial charge on any atom is 0.312 e. The fourth-order valence-corrected chi connectivity index (χ4v) is 2.68. The molecule has 0 aliphatic heterocycles. The molecule has 1 aromatic heterocycles.